The number of nitrogens with one attached hydrogen (secondary N) is 1. The van der Waals surface area contributed by atoms with Crippen molar-refractivity contribution >= 4 is 0 Å². The van der Waals surface area contributed by atoms with Crippen LogP contribution in [0.15, 0.2) is 12.4 Å². The summed E-state index contributed by atoms with van der Waals surface area (Å²) in [6.45, 7) is 12.2. The smallest absolute Gasteiger partial charge is 0.122 e. The van der Waals surface area contributed by atoms with E-state index < -0.39 is 0 Å². The number of aromatic nitrogens is 2. The summed E-state index contributed by atoms with van der Waals surface area (Å²) in [6.07, 6.45) is 5.26. The van der Waals surface area contributed by atoms with Gasteiger partial charge in [0.25, 0.3) is 0 Å². The van der Waals surface area contributed by atoms with Crippen LogP contribution in [0, 0.1) is 5.92 Å². The van der Waals surface area contributed by atoms with Crippen molar-refractivity contribution in [2.45, 2.75) is 46.3 Å². The summed E-state index contributed by atoms with van der Waals surface area (Å²) in [5, 5.41) is 3.55. The van der Waals surface area contributed by atoms with E-state index >= 15 is 0 Å². The fourth-order valence-electron chi connectivity index (χ4n) is 2.68. The van der Waals surface area contributed by atoms with Crippen LogP contribution in [0.5, 0.6) is 0 Å². The van der Waals surface area contributed by atoms with Crippen molar-refractivity contribution in [3.8, 4) is 0 Å². The molecular weight excluding hydrogens is 224 g/mol. The first kappa shape index (κ1) is 13.6. The Labute approximate surface area is 110 Å². The van der Waals surface area contributed by atoms with E-state index in [1.54, 1.807) is 0 Å². The topological polar surface area (TPSA) is 33.1 Å². The average Bonchev–Trinajstić information content (AvgIpc) is 2.97. The monoisotopic (exact) mass is 250 g/mol. The normalized spacial score (nSPS) is 21.0. The fraction of sp³-hybridized carbons (Fsp3) is 0.786. The number of hydrogen-bond donors (Lipinski definition) is 1. The highest BCUT2D eigenvalue weighted by Gasteiger charge is 2.23. The maximum absolute atomic E-state index is 4.38. The van der Waals surface area contributed by atoms with Gasteiger partial charge in [-0.05, 0) is 46.2 Å². The van der Waals surface area contributed by atoms with E-state index in [1.807, 2.05) is 12.4 Å². The van der Waals surface area contributed by atoms with Crippen molar-refractivity contribution in [3.05, 3.63) is 18.2 Å². The molecule has 0 radical (unpaired) electrons. The summed E-state index contributed by atoms with van der Waals surface area (Å²) in [5.41, 5.74) is 0. The Bertz CT molecular complexity index is 358. The Morgan fingerprint density at radius 3 is 3.00 bits per heavy atom. The molecule has 1 unspecified atom stereocenters. The lowest BCUT2D eigenvalue weighted by Gasteiger charge is -2.20. The molecule has 2 heterocycles. The third-order valence-electron chi connectivity index (χ3n) is 3.91. The molecule has 1 saturated heterocycles. The minimum atomic E-state index is 0.689. The molecule has 4 heteroatoms. The zero-order valence-electron chi connectivity index (χ0n) is 11.9. The molecule has 1 aliphatic heterocycles. The van der Waals surface area contributed by atoms with Gasteiger partial charge in [-0.25, -0.2) is 4.98 Å². The molecule has 0 bridgehead atoms. The molecule has 0 spiro atoms. The molecule has 0 saturated carbocycles. The van der Waals surface area contributed by atoms with Gasteiger partial charge in [-0.3, -0.25) is 0 Å². The molecule has 1 aromatic rings. The molecule has 0 aliphatic carbocycles. The Morgan fingerprint density at radius 1 is 1.50 bits per heavy atom. The fourth-order valence-corrected chi connectivity index (χ4v) is 2.68. The maximum atomic E-state index is 4.38. The van der Waals surface area contributed by atoms with Crippen LogP contribution in [0.2, 0.25) is 0 Å². The van der Waals surface area contributed by atoms with Crippen molar-refractivity contribution in [2.75, 3.05) is 19.6 Å². The lowest BCUT2D eigenvalue weighted by atomic mass is 10.1. The lowest BCUT2D eigenvalue weighted by molar-refractivity contribution is 0.264. The predicted octanol–water partition coefficient (Wildman–Crippen LogP) is 1.72. The largest absolute Gasteiger partial charge is 0.334 e. The number of nitrogens with zero attached hydrogens (tertiary/aromatic N) is 3. The summed E-state index contributed by atoms with van der Waals surface area (Å²) >= 11 is 0. The zero-order chi connectivity index (χ0) is 13.0. The molecule has 1 aromatic heterocycles. The standard InChI is InChI=1S/C14H26N4/c1-4-17-8-6-16-14(17)10-15-9-13-5-7-18(11-13)12(2)3/h6,8,12-13,15H,4-5,7,9-11H2,1-3H3. The van der Waals surface area contributed by atoms with Crippen molar-refractivity contribution in [3.63, 3.8) is 0 Å². The summed E-state index contributed by atoms with van der Waals surface area (Å²) in [6, 6.07) is 0.689. The Balaban J connectivity index is 1.70. The SMILES string of the molecule is CCn1ccnc1CNCC1CCN(C(C)C)C1. The van der Waals surface area contributed by atoms with Gasteiger partial charge in [0.05, 0.1) is 6.54 Å². The molecule has 0 amide bonds. The highest BCUT2D eigenvalue weighted by atomic mass is 15.2. The van der Waals surface area contributed by atoms with E-state index in [1.165, 1.54) is 19.5 Å². The third kappa shape index (κ3) is 3.33. The quantitative estimate of drug-likeness (QED) is 0.834. The van der Waals surface area contributed by atoms with Crippen LogP contribution in [0.1, 0.15) is 33.0 Å². The summed E-state index contributed by atoms with van der Waals surface area (Å²) < 4.78 is 2.20. The second-order valence-corrected chi connectivity index (χ2v) is 5.50. The molecule has 18 heavy (non-hydrogen) atoms. The van der Waals surface area contributed by atoms with Crippen LogP contribution >= 0.6 is 0 Å². The number of aryl methyl sites for hydroxylation is 1. The van der Waals surface area contributed by atoms with Gasteiger partial charge in [0.1, 0.15) is 5.82 Å². The van der Waals surface area contributed by atoms with Gasteiger partial charge >= 0.3 is 0 Å². The second kappa shape index (κ2) is 6.34. The van der Waals surface area contributed by atoms with E-state index in [9.17, 15) is 0 Å². The van der Waals surface area contributed by atoms with Gasteiger partial charge in [-0.1, -0.05) is 0 Å². The second-order valence-electron chi connectivity index (χ2n) is 5.50. The van der Waals surface area contributed by atoms with E-state index in [0.29, 0.717) is 6.04 Å². The molecule has 2 rings (SSSR count). The summed E-state index contributed by atoms with van der Waals surface area (Å²) in [5.74, 6) is 1.95. The third-order valence-corrected chi connectivity index (χ3v) is 3.91. The maximum Gasteiger partial charge on any atom is 0.122 e. The van der Waals surface area contributed by atoms with Crippen LogP contribution in [0.3, 0.4) is 0 Å². The van der Waals surface area contributed by atoms with Gasteiger partial charge in [0.15, 0.2) is 0 Å². The first-order valence-electron chi connectivity index (χ1n) is 7.15. The van der Waals surface area contributed by atoms with Crippen LogP contribution in [-0.2, 0) is 13.1 Å². The highest BCUT2D eigenvalue weighted by molar-refractivity contribution is 4.92. The molecule has 1 fully saturated rings. The van der Waals surface area contributed by atoms with Gasteiger partial charge in [-0.15, -0.1) is 0 Å². The van der Waals surface area contributed by atoms with Gasteiger partial charge in [0, 0.05) is 31.5 Å². The number of hydrogen-bond acceptors (Lipinski definition) is 3. The zero-order valence-corrected chi connectivity index (χ0v) is 11.9. The molecule has 1 N–H and O–H groups in total. The van der Waals surface area contributed by atoms with E-state index in [0.717, 1.165) is 31.4 Å². The number of imidazole rings is 1. The summed E-state index contributed by atoms with van der Waals surface area (Å²) in [7, 11) is 0. The lowest BCUT2D eigenvalue weighted by Crippen LogP contribution is -2.30. The average molecular weight is 250 g/mol. The van der Waals surface area contributed by atoms with Crippen LogP contribution in [0.25, 0.3) is 0 Å². The first-order valence-corrected chi connectivity index (χ1v) is 7.15. The highest BCUT2D eigenvalue weighted by Crippen LogP contribution is 2.17. The van der Waals surface area contributed by atoms with Gasteiger partial charge in [-0.2, -0.15) is 0 Å². The van der Waals surface area contributed by atoms with Crippen molar-refractivity contribution < 1.29 is 0 Å². The van der Waals surface area contributed by atoms with E-state index in [-0.39, 0.29) is 0 Å². The number of likely N-dealkylation sites (tertiary alicyclic amines) is 1. The summed E-state index contributed by atoms with van der Waals surface area (Å²) in [4.78, 5) is 6.95. The molecule has 1 aliphatic rings. The van der Waals surface area contributed by atoms with Gasteiger partial charge < -0.3 is 14.8 Å². The Kier molecular flexibility index (Phi) is 4.78. The molecule has 1 atom stereocenters. The van der Waals surface area contributed by atoms with E-state index in [2.05, 4.69) is 40.5 Å². The van der Waals surface area contributed by atoms with E-state index in [4.69, 9.17) is 0 Å². The minimum Gasteiger partial charge on any atom is -0.334 e. The number of rotatable bonds is 6. The van der Waals surface area contributed by atoms with Gasteiger partial charge in [0.2, 0.25) is 0 Å². The van der Waals surface area contributed by atoms with Crippen molar-refractivity contribution in [2.24, 2.45) is 5.92 Å². The van der Waals surface area contributed by atoms with Crippen LogP contribution in [-0.4, -0.2) is 40.1 Å². The minimum absolute atomic E-state index is 0.689. The van der Waals surface area contributed by atoms with Crippen molar-refractivity contribution in [1.29, 1.82) is 0 Å². The molecule has 4 nitrogen and oxygen atoms in total. The predicted molar refractivity (Wildman–Crippen MR) is 74.4 cm³/mol. The van der Waals surface area contributed by atoms with Crippen LogP contribution < -0.4 is 5.32 Å². The first-order chi connectivity index (χ1) is 8.70. The molecule has 102 valence electrons. The molecule has 0 aromatic carbocycles. The Hall–Kier alpha value is -0.870. The Morgan fingerprint density at radius 2 is 2.33 bits per heavy atom. The van der Waals surface area contributed by atoms with Crippen molar-refractivity contribution in [1.82, 2.24) is 19.8 Å². The van der Waals surface area contributed by atoms with Crippen LogP contribution in [0.4, 0.5) is 0 Å². The molecular formula is C14H26N4.